The van der Waals surface area contributed by atoms with Crippen LogP contribution in [0.1, 0.15) is 74.4 Å². The average molecular weight is 441 g/mol. The van der Waals surface area contributed by atoms with Crippen LogP contribution in [0.3, 0.4) is 0 Å². The zero-order valence-electron chi connectivity index (χ0n) is 18.5. The van der Waals surface area contributed by atoms with Crippen molar-refractivity contribution in [1.82, 2.24) is 10.2 Å². The lowest BCUT2D eigenvalue weighted by atomic mass is 9.88. The number of Topliss-reactive ketones (excluding diaryl/α,β-unsaturated/α-hetero) is 1. The molecule has 3 nitrogen and oxygen atoms in total. The number of terminal acetylenes is 1. The molecule has 1 aromatic heterocycles. The maximum Gasteiger partial charge on any atom is 0.142 e. The number of nitrogens with zero attached hydrogens (tertiary/aromatic N) is 1. The molecular formula is C26H30ClFN2O. The molecule has 2 rings (SSSR count). The number of hydrogen-bond donors (Lipinski definition) is 1. The summed E-state index contributed by atoms with van der Waals surface area (Å²) in [6.07, 6.45) is 15.0. The highest BCUT2D eigenvalue weighted by Gasteiger charge is 2.18. The number of ketones is 1. The monoisotopic (exact) mass is 440 g/mol. The highest BCUT2D eigenvalue weighted by Crippen LogP contribution is 2.31. The maximum absolute atomic E-state index is 14.1. The first-order valence-electron chi connectivity index (χ1n) is 10.7. The summed E-state index contributed by atoms with van der Waals surface area (Å²) in [5, 5.41) is 7.49. The smallest absolute Gasteiger partial charge is 0.142 e. The molecule has 0 aliphatic heterocycles. The fraction of sp³-hybridized carbons (Fsp3) is 0.385. The summed E-state index contributed by atoms with van der Waals surface area (Å²) in [6, 6.07) is 5.34. The molecular weight excluding hydrogens is 411 g/mol. The second-order valence-electron chi connectivity index (χ2n) is 7.76. The van der Waals surface area contributed by atoms with Gasteiger partial charge in [-0.05, 0) is 68.4 Å². The van der Waals surface area contributed by atoms with Crippen molar-refractivity contribution < 1.29 is 9.18 Å². The lowest BCUT2D eigenvalue weighted by Crippen LogP contribution is -2.08. The number of H-pyrrole nitrogens is 1. The minimum Gasteiger partial charge on any atom is -0.300 e. The molecule has 2 aromatic rings. The van der Waals surface area contributed by atoms with E-state index in [1.807, 2.05) is 31.2 Å². The number of aromatic nitrogens is 2. The predicted octanol–water partition coefficient (Wildman–Crippen LogP) is 6.97. The minimum absolute atomic E-state index is 0.0130. The second-order valence-corrected chi connectivity index (χ2v) is 8.14. The van der Waals surface area contributed by atoms with Gasteiger partial charge in [0.25, 0.3) is 0 Å². The van der Waals surface area contributed by atoms with E-state index in [4.69, 9.17) is 18.0 Å². The lowest BCUT2D eigenvalue weighted by Gasteiger charge is -2.17. The minimum atomic E-state index is -0.420. The van der Waals surface area contributed by atoms with E-state index >= 15 is 0 Å². The Morgan fingerprint density at radius 2 is 2.16 bits per heavy atom. The van der Waals surface area contributed by atoms with Gasteiger partial charge in [0.2, 0.25) is 0 Å². The van der Waals surface area contributed by atoms with Gasteiger partial charge in [0.15, 0.2) is 0 Å². The summed E-state index contributed by atoms with van der Waals surface area (Å²) in [5.41, 5.74) is 4.19. The Bertz CT molecular complexity index is 974. The van der Waals surface area contributed by atoms with Crippen molar-refractivity contribution >= 4 is 23.0 Å². The molecule has 164 valence electrons. The molecule has 0 radical (unpaired) electrons. The molecule has 1 aromatic carbocycles. The normalized spacial score (nSPS) is 12.8. The van der Waals surface area contributed by atoms with Crippen molar-refractivity contribution in [3.05, 3.63) is 69.8 Å². The number of rotatable bonds is 11. The number of allylic oxidation sites excluding steroid dienone is 4. The fourth-order valence-corrected chi connectivity index (χ4v) is 3.80. The van der Waals surface area contributed by atoms with Crippen LogP contribution in [0.5, 0.6) is 0 Å². The van der Waals surface area contributed by atoms with Gasteiger partial charge in [0.05, 0.1) is 10.7 Å². The van der Waals surface area contributed by atoms with E-state index in [-0.39, 0.29) is 16.7 Å². The lowest BCUT2D eigenvalue weighted by molar-refractivity contribution is -0.119. The Hall–Kier alpha value is -2.64. The predicted molar refractivity (Wildman–Crippen MR) is 127 cm³/mol. The van der Waals surface area contributed by atoms with Gasteiger partial charge in [-0.3, -0.25) is 9.89 Å². The van der Waals surface area contributed by atoms with Crippen LogP contribution >= 0.6 is 11.6 Å². The molecule has 0 amide bonds. The molecule has 0 saturated heterocycles. The van der Waals surface area contributed by atoms with E-state index in [0.717, 1.165) is 48.2 Å². The summed E-state index contributed by atoms with van der Waals surface area (Å²) in [5.74, 6) is 2.31. The molecule has 31 heavy (non-hydrogen) atoms. The summed E-state index contributed by atoms with van der Waals surface area (Å²) in [7, 11) is 0. The quantitative estimate of drug-likeness (QED) is 0.303. The average Bonchev–Trinajstić information content (AvgIpc) is 3.20. The molecule has 1 N–H and O–H groups in total. The molecule has 5 heteroatoms. The van der Waals surface area contributed by atoms with E-state index in [0.29, 0.717) is 18.4 Å². The van der Waals surface area contributed by atoms with Gasteiger partial charge in [0.1, 0.15) is 11.6 Å². The third-order valence-electron chi connectivity index (χ3n) is 5.23. The van der Waals surface area contributed by atoms with Crippen LogP contribution in [0.2, 0.25) is 5.02 Å². The van der Waals surface area contributed by atoms with E-state index in [1.54, 1.807) is 13.0 Å². The first-order chi connectivity index (χ1) is 14.9. The Morgan fingerprint density at radius 3 is 2.81 bits per heavy atom. The largest absolute Gasteiger partial charge is 0.300 e. The topological polar surface area (TPSA) is 45.8 Å². The van der Waals surface area contributed by atoms with Gasteiger partial charge in [-0.25, -0.2) is 4.39 Å². The van der Waals surface area contributed by atoms with Gasteiger partial charge in [-0.1, -0.05) is 49.1 Å². The fourth-order valence-electron chi connectivity index (χ4n) is 3.69. The number of carbonyl (C=O) groups excluding carboxylic acids is 1. The summed E-state index contributed by atoms with van der Waals surface area (Å²) in [4.78, 5) is 12.6. The number of aromatic amines is 1. The highest BCUT2D eigenvalue weighted by atomic mass is 35.5. The third-order valence-corrected chi connectivity index (χ3v) is 5.71. The van der Waals surface area contributed by atoms with Crippen LogP contribution in [0.15, 0.2) is 36.4 Å². The first kappa shape index (κ1) is 24.6. The van der Waals surface area contributed by atoms with Crippen molar-refractivity contribution in [3.63, 3.8) is 0 Å². The summed E-state index contributed by atoms with van der Waals surface area (Å²) < 4.78 is 14.1. The van der Waals surface area contributed by atoms with Gasteiger partial charge in [-0.15, -0.1) is 6.42 Å². The number of nitrogens with one attached hydrogen (secondary N) is 1. The number of halogens is 2. The Labute approximate surface area is 189 Å². The third kappa shape index (κ3) is 7.22. The summed E-state index contributed by atoms with van der Waals surface area (Å²) in [6.45, 7) is 5.79. The number of hydrogen-bond acceptors (Lipinski definition) is 2. The van der Waals surface area contributed by atoms with Gasteiger partial charge < -0.3 is 0 Å². The van der Waals surface area contributed by atoms with Crippen LogP contribution in [-0.2, 0) is 11.2 Å². The van der Waals surface area contributed by atoms with Crippen LogP contribution < -0.4 is 0 Å². The van der Waals surface area contributed by atoms with Crippen molar-refractivity contribution in [2.75, 3.05) is 0 Å². The highest BCUT2D eigenvalue weighted by molar-refractivity contribution is 6.31. The van der Waals surface area contributed by atoms with Crippen LogP contribution in [0.4, 0.5) is 4.39 Å². The first-order valence-corrected chi connectivity index (χ1v) is 11.1. The van der Waals surface area contributed by atoms with Crippen LogP contribution in [0, 0.1) is 25.1 Å². The van der Waals surface area contributed by atoms with Gasteiger partial charge >= 0.3 is 0 Å². The van der Waals surface area contributed by atoms with Crippen molar-refractivity contribution in [2.45, 2.75) is 65.2 Å². The Balaban J connectivity index is 1.95. The Kier molecular flexibility index (Phi) is 9.75. The van der Waals surface area contributed by atoms with Gasteiger partial charge in [0, 0.05) is 24.1 Å². The van der Waals surface area contributed by atoms with E-state index in [1.165, 1.54) is 6.07 Å². The molecule has 0 aliphatic rings. The number of benzene rings is 1. The maximum atomic E-state index is 14.1. The molecule has 1 atom stereocenters. The van der Waals surface area contributed by atoms with Crippen molar-refractivity contribution in [2.24, 2.45) is 0 Å². The molecule has 1 heterocycles. The number of aryl methyl sites for hydroxylation is 2. The van der Waals surface area contributed by atoms with E-state index < -0.39 is 5.82 Å². The molecule has 0 bridgehead atoms. The molecule has 1 unspecified atom stereocenters. The zero-order valence-corrected chi connectivity index (χ0v) is 19.2. The van der Waals surface area contributed by atoms with Crippen LogP contribution in [0.25, 0.3) is 5.57 Å². The standard InChI is InChI=1S/C26H30ClFN2O/c1-5-9-19(10-6-2)25-17-22(29-30-25)12-8-13-23(31)15-20(11-7-3)21-14-18(4)26(27)24(28)16-21/h1,6,9-10,14,16-17,20H,7-8,11-13,15H2,2-4H3,(H,29,30)/b10-6-,19-9+. The second kappa shape index (κ2) is 12.3. The van der Waals surface area contributed by atoms with Crippen LogP contribution in [-0.4, -0.2) is 16.0 Å². The zero-order chi connectivity index (χ0) is 22.8. The van der Waals surface area contributed by atoms with Crippen molar-refractivity contribution in [3.8, 4) is 12.3 Å². The summed E-state index contributed by atoms with van der Waals surface area (Å²) >= 11 is 5.95. The molecule has 0 fully saturated rings. The molecule has 0 spiro atoms. The van der Waals surface area contributed by atoms with E-state index in [9.17, 15) is 9.18 Å². The van der Waals surface area contributed by atoms with Crippen molar-refractivity contribution in [1.29, 1.82) is 0 Å². The number of carbonyl (C=O) groups is 1. The Morgan fingerprint density at radius 1 is 1.39 bits per heavy atom. The van der Waals surface area contributed by atoms with Gasteiger partial charge in [-0.2, -0.15) is 5.10 Å². The SMILES string of the molecule is C#C/C=C(\C=C/C)c1cc(CCCC(=O)CC(CCC)c2cc(C)c(Cl)c(F)c2)[nH]n1. The molecule has 0 aliphatic carbocycles. The molecule has 0 saturated carbocycles. The van der Waals surface area contributed by atoms with E-state index in [2.05, 4.69) is 23.0 Å².